The molecule has 1 aromatic rings. The molecule has 158 valence electrons. The van der Waals surface area contributed by atoms with E-state index >= 15 is 0 Å². The number of hydrogen-bond donors (Lipinski definition) is 1. The second kappa shape index (κ2) is 10.0. The lowest BCUT2D eigenvalue weighted by Gasteiger charge is -2.35. The maximum Gasteiger partial charge on any atom is 0.309 e. The van der Waals surface area contributed by atoms with Gasteiger partial charge in [-0.25, -0.2) is 0 Å². The van der Waals surface area contributed by atoms with Gasteiger partial charge in [-0.2, -0.15) is 0 Å². The molecular weight excluding hydrogens is 392 g/mol. The zero-order valence-electron chi connectivity index (χ0n) is 16.9. The fourth-order valence-corrected chi connectivity index (χ4v) is 5.08. The standard InChI is InChI=1S/C21H28N2O5S/c1-3-27-21(26)18-13-17(18)20-23(19(25)8-11-29-20)9-5-10-28-16-7-4-6-15(12-16)22-14(2)24/h4,6-7,12,17-18,20H,3,5,8-11,13H2,1-2H3,(H,22,24). The largest absolute Gasteiger partial charge is 0.493 e. The van der Waals surface area contributed by atoms with Crippen LogP contribution in [0.1, 0.15) is 33.1 Å². The summed E-state index contributed by atoms with van der Waals surface area (Å²) < 4.78 is 10.9. The Morgan fingerprint density at radius 2 is 2.17 bits per heavy atom. The monoisotopic (exact) mass is 420 g/mol. The molecule has 1 heterocycles. The first-order valence-corrected chi connectivity index (χ1v) is 11.1. The molecule has 1 aliphatic carbocycles. The van der Waals surface area contributed by atoms with Crippen LogP contribution in [0.25, 0.3) is 0 Å². The average molecular weight is 421 g/mol. The second-order valence-corrected chi connectivity index (χ2v) is 8.49. The molecular formula is C21H28N2O5S. The highest BCUT2D eigenvalue weighted by molar-refractivity contribution is 8.00. The van der Waals surface area contributed by atoms with Crippen molar-refractivity contribution in [3.05, 3.63) is 24.3 Å². The van der Waals surface area contributed by atoms with Crippen molar-refractivity contribution in [2.45, 2.75) is 38.5 Å². The van der Waals surface area contributed by atoms with E-state index in [1.807, 2.05) is 24.0 Å². The van der Waals surface area contributed by atoms with E-state index < -0.39 is 0 Å². The van der Waals surface area contributed by atoms with Gasteiger partial charge in [0.2, 0.25) is 11.8 Å². The van der Waals surface area contributed by atoms with Crippen molar-refractivity contribution >= 4 is 35.2 Å². The van der Waals surface area contributed by atoms with Gasteiger partial charge in [0.05, 0.1) is 24.5 Å². The van der Waals surface area contributed by atoms with E-state index in [-0.39, 0.29) is 35.0 Å². The van der Waals surface area contributed by atoms with Crippen molar-refractivity contribution < 1.29 is 23.9 Å². The summed E-state index contributed by atoms with van der Waals surface area (Å²) in [5.74, 6) is 1.48. The minimum Gasteiger partial charge on any atom is -0.493 e. The number of rotatable bonds is 9. The van der Waals surface area contributed by atoms with Crippen LogP contribution in [0.15, 0.2) is 24.3 Å². The van der Waals surface area contributed by atoms with E-state index in [1.54, 1.807) is 23.9 Å². The molecule has 1 saturated heterocycles. The van der Waals surface area contributed by atoms with E-state index in [0.717, 1.165) is 12.2 Å². The van der Waals surface area contributed by atoms with Crippen LogP contribution >= 0.6 is 11.8 Å². The molecule has 2 fully saturated rings. The minimum absolute atomic E-state index is 0.0498. The van der Waals surface area contributed by atoms with Crippen molar-refractivity contribution in [3.63, 3.8) is 0 Å². The molecule has 2 aliphatic rings. The molecule has 1 saturated carbocycles. The summed E-state index contributed by atoms with van der Waals surface area (Å²) in [4.78, 5) is 37.5. The second-order valence-electron chi connectivity index (χ2n) is 7.27. The summed E-state index contributed by atoms with van der Waals surface area (Å²) in [6.45, 7) is 4.74. The molecule has 0 bridgehead atoms. The third-order valence-electron chi connectivity index (χ3n) is 4.99. The molecule has 1 N–H and O–H groups in total. The maximum atomic E-state index is 12.5. The van der Waals surface area contributed by atoms with Gasteiger partial charge in [-0.15, -0.1) is 11.8 Å². The zero-order chi connectivity index (χ0) is 20.8. The van der Waals surface area contributed by atoms with Crippen molar-refractivity contribution in [3.8, 4) is 5.75 Å². The van der Waals surface area contributed by atoms with Crippen LogP contribution < -0.4 is 10.1 Å². The predicted molar refractivity (Wildman–Crippen MR) is 112 cm³/mol. The molecule has 2 amide bonds. The van der Waals surface area contributed by atoms with E-state index in [2.05, 4.69) is 5.32 Å². The van der Waals surface area contributed by atoms with Gasteiger partial charge in [0.1, 0.15) is 5.75 Å². The third-order valence-corrected chi connectivity index (χ3v) is 6.38. The van der Waals surface area contributed by atoms with Gasteiger partial charge in [0.15, 0.2) is 0 Å². The first kappa shape index (κ1) is 21.5. The SMILES string of the molecule is CCOC(=O)C1CC1C1SCCC(=O)N1CCCOc1cccc(NC(C)=O)c1. The molecule has 3 rings (SSSR count). The van der Waals surface area contributed by atoms with Gasteiger partial charge >= 0.3 is 5.97 Å². The van der Waals surface area contributed by atoms with Crippen molar-refractivity contribution in [2.75, 3.05) is 30.8 Å². The third kappa shape index (κ3) is 5.88. The lowest BCUT2D eigenvalue weighted by molar-refractivity contribution is -0.145. The van der Waals surface area contributed by atoms with Gasteiger partial charge in [-0.1, -0.05) is 6.07 Å². The number of ether oxygens (including phenoxy) is 2. The van der Waals surface area contributed by atoms with Crippen LogP contribution in [0.4, 0.5) is 5.69 Å². The molecule has 8 heteroatoms. The maximum absolute atomic E-state index is 12.5. The Kier molecular flexibility index (Phi) is 7.41. The first-order chi connectivity index (χ1) is 14.0. The van der Waals surface area contributed by atoms with Crippen LogP contribution in [-0.4, -0.2) is 53.6 Å². The Labute approximate surface area is 175 Å². The zero-order valence-corrected chi connectivity index (χ0v) is 17.7. The lowest BCUT2D eigenvalue weighted by Crippen LogP contribution is -2.44. The van der Waals surface area contributed by atoms with Crippen LogP contribution in [0.2, 0.25) is 0 Å². The fourth-order valence-electron chi connectivity index (χ4n) is 3.59. The van der Waals surface area contributed by atoms with Crippen LogP contribution in [-0.2, 0) is 19.1 Å². The molecule has 1 aromatic carbocycles. The number of amides is 2. The van der Waals surface area contributed by atoms with Crippen LogP contribution in [0, 0.1) is 11.8 Å². The molecule has 29 heavy (non-hydrogen) atoms. The Bertz CT molecular complexity index is 756. The van der Waals surface area contributed by atoms with Gasteiger partial charge in [0, 0.05) is 43.3 Å². The van der Waals surface area contributed by atoms with Gasteiger partial charge < -0.3 is 19.7 Å². The number of carbonyl (C=O) groups excluding carboxylic acids is 3. The first-order valence-electron chi connectivity index (χ1n) is 10.1. The highest BCUT2D eigenvalue weighted by Gasteiger charge is 2.52. The highest BCUT2D eigenvalue weighted by Crippen LogP contribution is 2.49. The summed E-state index contributed by atoms with van der Waals surface area (Å²) in [5.41, 5.74) is 0.691. The molecule has 0 aromatic heterocycles. The number of esters is 1. The highest BCUT2D eigenvalue weighted by atomic mass is 32.2. The minimum atomic E-state index is -0.140. The normalized spacial score (nSPS) is 23.4. The Balaban J connectivity index is 1.49. The molecule has 0 spiro atoms. The van der Waals surface area contributed by atoms with E-state index in [0.29, 0.717) is 44.0 Å². The summed E-state index contributed by atoms with van der Waals surface area (Å²) in [5, 5.41) is 2.78. The molecule has 1 aliphatic heterocycles. The number of thioether (sulfide) groups is 1. The molecule has 7 nitrogen and oxygen atoms in total. The van der Waals surface area contributed by atoms with E-state index in [9.17, 15) is 14.4 Å². The number of nitrogens with one attached hydrogen (secondary N) is 1. The fraction of sp³-hybridized carbons (Fsp3) is 0.571. The Morgan fingerprint density at radius 1 is 1.34 bits per heavy atom. The summed E-state index contributed by atoms with van der Waals surface area (Å²) in [6.07, 6.45) is 2.04. The molecule has 3 unspecified atom stereocenters. The Morgan fingerprint density at radius 3 is 2.93 bits per heavy atom. The lowest BCUT2D eigenvalue weighted by atomic mass is 10.2. The van der Waals surface area contributed by atoms with E-state index in [1.165, 1.54) is 6.92 Å². The quantitative estimate of drug-likeness (QED) is 0.488. The smallest absolute Gasteiger partial charge is 0.309 e. The van der Waals surface area contributed by atoms with Gasteiger partial charge in [-0.3, -0.25) is 14.4 Å². The van der Waals surface area contributed by atoms with Crippen LogP contribution in [0.5, 0.6) is 5.75 Å². The van der Waals surface area contributed by atoms with Crippen LogP contribution in [0.3, 0.4) is 0 Å². The summed E-state index contributed by atoms with van der Waals surface area (Å²) in [7, 11) is 0. The number of carbonyl (C=O) groups is 3. The average Bonchev–Trinajstić information content (AvgIpc) is 3.47. The van der Waals surface area contributed by atoms with Crippen molar-refractivity contribution in [1.29, 1.82) is 0 Å². The van der Waals surface area contributed by atoms with Crippen molar-refractivity contribution in [2.24, 2.45) is 11.8 Å². The van der Waals surface area contributed by atoms with Gasteiger partial charge in [0.25, 0.3) is 0 Å². The van der Waals surface area contributed by atoms with E-state index in [4.69, 9.17) is 9.47 Å². The molecule has 0 radical (unpaired) electrons. The number of nitrogens with zero attached hydrogens (tertiary/aromatic N) is 1. The summed E-state index contributed by atoms with van der Waals surface area (Å²) in [6, 6.07) is 7.24. The summed E-state index contributed by atoms with van der Waals surface area (Å²) >= 11 is 1.76. The topological polar surface area (TPSA) is 84.9 Å². The van der Waals surface area contributed by atoms with Gasteiger partial charge in [-0.05, 0) is 31.9 Å². The van der Waals surface area contributed by atoms with Crippen molar-refractivity contribution in [1.82, 2.24) is 4.90 Å². The Hall–Kier alpha value is -2.22. The number of hydrogen-bond acceptors (Lipinski definition) is 6. The molecule has 3 atom stereocenters. The number of anilines is 1. The predicted octanol–water partition coefficient (Wildman–Crippen LogP) is 2.90. The number of benzene rings is 1.